The number of hydrogen-bond acceptors (Lipinski definition) is 6. The van der Waals surface area contributed by atoms with E-state index in [-0.39, 0.29) is 0 Å². The van der Waals surface area contributed by atoms with Crippen molar-refractivity contribution in [3.63, 3.8) is 0 Å². The Morgan fingerprint density at radius 1 is 0.957 bits per heavy atom. The van der Waals surface area contributed by atoms with Crippen LogP contribution in [0.5, 0.6) is 0 Å². The van der Waals surface area contributed by atoms with Crippen LogP contribution in [0.3, 0.4) is 0 Å². The molecule has 1 aliphatic rings. The summed E-state index contributed by atoms with van der Waals surface area (Å²) in [6, 6.07) is 9.79. The number of nitrogens with zero attached hydrogens (tertiary/aromatic N) is 1. The zero-order valence-corrected chi connectivity index (χ0v) is 13.0. The monoisotopic (exact) mass is 315 g/mol. The molecule has 2 aromatic rings. The normalized spacial score (nSPS) is 15.7. The van der Waals surface area contributed by atoms with Gasteiger partial charge in [-0.2, -0.15) is 0 Å². The summed E-state index contributed by atoms with van der Waals surface area (Å²) in [4.78, 5) is 25.7. The van der Waals surface area contributed by atoms with E-state index in [1.807, 2.05) is 30.3 Å². The van der Waals surface area contributed by atoms with Crippen molar-refractivity contribution in [2.45, 2.75) is 6.54 Å². The molecule has 23 heavy (non-hydrogen) atoms. The summed E-state index contributed by atoms with van der Waals surface area (Å²) >= 11 is 0. The maximum Gasteiger partial charge on any atom is 0.253 e. The smallest absolute Gasteiger partial charge is 0.253 e. The van der Waals surface area contributed by atoms with Gasteiger partial charge in [0.2, 0.25) is 0 Å². The highest BCUT2D eigenvalue weighted by Crippen LogP contribution is 2.15. The average molecular weight is 315 g/mol. The largest absolute Gasteiger partial charge is 0.379 e. The molecule has 0 atom stereocenters. The number of anilines is 2. The fraction of sp³-hybridized carbons (Fsp3) is 0.412. The van der Waals surface area contributed by atoms with E-state index >= 15 is 0 Å². The number of nitrogens with one attached hydrogen (secondary N) is 2. The van der Waals surface area contributed by atoms with Crippen molar-refractivity contribution in [1.29, 1.82) is 0 Å². The molecule has 1 heterocycles. The van der Waals surface area contributed by atoms with Crippen molar-refractivity contribution in [2.75, 3.05) is 50.0 Å². The first-order valence-electron chi connectivity index (χ1n) is 7.91. The van der Waals surface area contributed by atoms with Gasteiger partial charge in [-0.1, -0.05) is 30.3 Å². The highest BCUT2D eigenvalue weighted by Gasteiger charge is 2.20. The Morgan fingerprint density at radius 2 is 1.61 bits per heavy atom. The number of ether oxygens (including phenoxy) is 1. The third-order valence-corrected chi connectivity index (χ3v) is 4.06. The Kier molecular flexibility index (Phi) is 5.05. The topological polar surface area (TPSA) is 70.7 Å². The van der Waals surface area contributed by atoms with E-state index in [2.05, 4.69) is 15.5 Å². The van der Waals surface area contributed by atoms with Gasteiger partial charge >= 0.3 is 0 Å². The van der Waals surface area contributed by atoms with Crippen LogP contribution >= 0.6 is 0 Å². The van der Waals surface area contributed by atoms with Crippen LogP contribution < -0.4 is 21.5 Å². The third-order valence-electron chi connectivity index (χ3n) is 4.06. The van der Waals surface area contributed by atoms with Crippen molar-refractivity contribution in [3.8, 4) is 0 Å². The maximum absolute atomic E-state index is 11.7. The van der Waals surface area contributed by atoms with Crippen molar-refractivity contribution in [2.24, 2.45) is 0 Å². The Bertz CT molecular complexity index is 702. The van der Waals surface area contributed by atoms with Gasteiger partial charge in [0.15, 0.2) is 0 Å². The van der Waals surface area contributed by atoms with Crippen LogP contribution in [0.15, 0.2) is 39.9 Å². The molecule has 1 aliphatic heterocycles. The predicted molar refractivity (Wildman–Crippen MR) is 90.9 cm³/mol. The summed E-state index contributed by atoms with van der Waals surface area (Å²) in [5, 5.41) is 6.16. The second-order valence-corrected chi connectivity index (χ2v) is 5.63. The molecule has 6 heteroatoms. The van der Waals surface area contributed by atoms with Gasteiger partial charge in [-0.3, -0.25) is 14.5 Å². The van der Waals surface area contributed by atoms with E-state index in [4.69, 9.17) is 4.74 Å². The Morgan fingerprint density at radius 3 is 2.30 bits per heavy atom. The summed E-state index contributed by atoms with van der Waals surface area (Å²) in [7, 11) is 0. The Balaban J connectivity index is 1.52. The standard InChI is InChI=1S/C17H21N3O3/c21-16-14(18-6-7-20-8-10-23-11-9-20)15(17(16)22)19-12-13-4-2-1-3-5-13/h1-5,18-19H,6-12H2. The molecule has 3 rings (SSSR count). The molecular weight excluding hydrogens is 294 g/mol. The summed E-state index contributed by atoms with van der Waals surface area (Å²) in [5.74, 6) is 0. The van der Waals surface area contributed by atoms with Gasteiger partial charge in [0.1, 0.15) is 11.4 Å². The number of hydrogen-bond donors (Lipinski definition) is 2. The zero-order chi connectivity index (χ0) is 16.1. The molecular formula is C17H21N3O3. The van der Waals surface area contributed by atoms with E-state index in [9.17, 15) is 9.59 Å². The van der Waals surface area contributed by atoms with E-state index < -0.39 is 10.9 Å². The maximum atomic E-state index is 11.7. The molecule has 0 saturated carbocycles. The molecule has 2 aromatic carbocycles. The van der Waals surface area contributed by atoms with Crippen LogP contribution in [0.2, 0.25) is 0 Å². The average Bonchev–Trinajstić information content (AvgIpc) is 2.61. The fourth-order valence-electron chi connectivity index (χ4n) is 2.68. The highest BCUT2D eigenvalue weighted by atomic mass is 16.5. The van der Waals surface area contributed by atoms with E-state index in [0.717, 1.165) is 38.4 Å². The van der Waals surface area contributed by atoms with Crippen molar-refractivity contribution in [1.82, 2.24) is 4.90 Å². The minimum Gasteiger partial charge on any atom is -0.379 e. The second kappa shape index (κ2) is 7.39. The van der Waals surface area contributed by atoms with Gasteiger partial charge in [-0.25, -0.2) is 0 Å². The predicted octanol–water partition coefficient (Wildman–Crippen LogP) is 0.639. The molecule has 0 aliphatic carbocycles. The van der Waals surface area contributed by atoms with Gasteiger partial charge in [-0.05, 0) is 5.56 Å². The fourth-order valence-corrected chi connectivity index (χ4v) is 2.68. The van der Waals surface area contributed by atoms with E-state index in [1.54, 1.807) is 0 Å². The molecule has 0 unspecified atom stereocenters. The first-order valence-corrected chi connectivity index (χ1v) is 7.91. The second-order valence-electron chi connectivity index (χ2n) is 5.63. The summed E-state index contributed by atoms with van der Waals surface area (Å²) in [5.41, 5.74) is 1.03. The van der Waals surface area contributed by atoms with Gasteiger partial charge in [-0.15, -0.1) is 0 Å². The van der Waals surface area contributed by atoms with Gasteiger partial charge in [0, 0.05) is 32.7 Å². The van der Waals surface area contributed by atoms with Crippen molar-refractivity contribution in [3.05, 3.63) is 56.3 Å². The number of rotatable bonds is 7. The minimum atomic E-state index is -0.435. The van der Waals surface area contributed by atoms with Gasteiger partial charge < -0.3 is 15.4 Å². The molecule has 0 radical (unpaired) electrons. The molecule has 122 valence electrons. The van der Waals surface area contributed by atoms with Crippen molar-refractivity contribution >= 4 is 11.4 Å². The molecule has 0 spiro atoms. The van der Waals surface area contributed by atoms with E-state index in [1.165, 1.54) is 0 Å². The SMILES string of the molecule is O=c1c(NCCN2CCOCC2)c(NCc2ccccc2)c1=O. The zero-order valence-electron chi connectivity index (χ0n) is 13.0. The molecule has 0 amide bonds. The molecule has 0 aromatic heterocycles. The van der Waals surface area contributed by atoms with Crippen LogP contribution in [-0.4, -0.2) is 44.3 Å². The van der Waals surface area contributed by atoms with Crippen LogP contribution in [0.1, 0.15) is 5.56 Å². The molecule has 0 bridgehead atoms. The van der Waals surface area contributed by atoms with Crippen molar-refractivity contribution < 1.29 is 4.74 Å². The summed E-state index contributed by atoms with van der Waals surface area (Å²) < 4.78 is 5.30. The molecule has 6 nitrogen and oxygen atoms in total. The van der Waals surface area contributed by atoms with Crippen LogP contribution in [0.25, 0.3) is 0 Å². The summed E-state index contributed by atoms with van der Waals surface area (Å²) in [6.45, 7) is 5.34. The van der Waals surface area contributed by atoms with Crippen LogP contribution in [0, 0.1) is 0 Å². The first-order chi connectivity index (χ1) is 11.3. The quantitative estimate of drug-likeness (QED) is 0.731. The van der Waals surface area contributed by atoms with E-state index in [0.29, 0.717) is 24.5 Å². The molecule has 2 N–H and O–H groups in total. The lowest BCUT2D eigenvalue weighted by Crippen LogP contribution is -2.41. The number of benzene rings is 1. The Labute approximate surface area is 134 Å². The summed E-state index contributed by atoms with van der Waals surface area (Å²) in [6.07, 6.45) is 0. The van der Waals surface area contributed by atoms with Crippen LogP contribution in [-0.2, 0) is 11.3 Å². The lowest BCUT2D eigenvalue weighted by atomic mass is 10.1. The van der Waals surface area contributed by atoms with Crippen LogP contribution in [0.4, 0.5) is 11.4 Å². The lowest BCUT2D eigenvalue weighted by molar-refractivity contribution is 0.0398. The Hall–Kier alpha value is -2.18. The van der Waals surface area contributed by atoms with Gasteiger partial charge in [0.25, 0.3) is 10.9 Å². The minimum absolute atomic E-state index is 0.404. The third kappa shape index (κ3) is 3.78. The molecule has 1 saturated heterocycles. The van der Waals surface area contributed by atoms with Gasteiger partial charge in [0.05, 0.1) is 13.2 Å². The lowest BCUT2D eigenvalue weighted by Gasteiger charge is -2.26. The first kappa shape index (κ1) is 15.7. The molecule has 1 fully saturated rings. The highest BCUT2D eigenvalue weighted by molar-refractivity contribution is 5.73. The number of morpholine rings is 1.